The van der Waals surface area contributed by atoms with Crippen LogP contribution in [0, 0.1) is 0 Å². The van der Waals surface area contributed by atoms with Gasteiger partial charge in [-0.2, -0.15) is 0 Å². The van der Waals surface area contributed by atoms with Gasteiger partial charge in [-0.05, 0) is 34.4 Å². The first-order valence-corrected chi connectivity index (χ1v) is 7.05. The van der Waals surface area contributed by atoms with Crippen molar-refractivity contribution in [1.82, 2.24) is 10.6 Å². The summed E-state index contributed by atoms with van der Waals surface area (Å²) >= 11 is 0. The lowest BCUT2D eigenvalue weighted by Gasteiger charge is -2.08. The minimum absolute atomic E-state index is 0.0135. The van der Waals surface area contributed by atoms with Crippen LogP contribution in [0.3, 0.4) is 0 Å². The average Bonchev–Trinajstić information content (AvgIpc) is 3.00. The summed E-state index contributed by atoms with van der Waals surface area (Å²) in [5, 5.41) is 15.3. The van der Waals surface area contributed by atoms with Gasteiger partial charge in [0.2, 0.25) is 0 Å². The molecule has 4 heteroatoms. The van der Waals surface area contributed by atoms with E-state index in [0.29, 0.717) is 12.1 Å². The highest BCUT2D eigenvalue weighted by Crippen LogP contribution is 2.17. The second kappa shape index (κ2) is 6.08. The van der Waals surface area contributed by atoms with Gasteiger partial charge >= 0.3 is 0 Å². The van der Waals surface area contributed by atoms with Gasteiger partial charge in [-0.15, -0.1) is 0 Å². The number of nitrogens with one attached hydrogen (secondary N) is 2. The second-order valence-electron chi connectivity index (χ2n) is 5.25. The zero-order valence-corrected chi connectivity index (χ0v) is 11.7. The Hall–Kier alpha value is -2.17. The summed E-state index contributed by atoms with van der Waals surface area (Å²) in [6.45, 7) is 2.18. The number of carbonyl (C=O) groups excluding carboxylic acids is 1. The molecule has 2 aromatic carbocycles. The molecule has 108 valence electrons. The van der Waals surface area contributed by atoms with Gasteiger partial charge in [0, 0.05) is 25.2 Å². The van der Waals surface area contributed by atoms with Gasteiger partial charge in [0.1, 0.15) is 0 Å². The van der Waals surface area contributed by atoms with Crippen LogP contribution in [-0.4, -0.2) is 11.0 Å². The Morgan fingerprint density at radius 1 is 1.10 bits per heavy atom. The summed E-state index contributed by atoms with van der Waals surface area (Å²) in [5.74, 6) is -0.0703. The number of carbonyl (C=O) groups is 1. The lowest BCUT2D eigenvalue weighted by Crippen LogP contribution is -2.23. The number of hydrogen-bond acceptors (Lipinski definition) is 3. The topological polar surface area (TPSA) is 61.4 Å². The van der Waals surface area contributed by atoms with Crippen molar-refractivity contribution in [3.8, 4) is 0 Å². The van der Waals surface area contributed by atoms with E-state index in [2.05, 4.69) is 10.6 Å². The number of rotatable bonds is 4. The second-order valence-corrected chi connectivity index (χ2v) is 5.25. The maximum atomic E-state index is 12.2. The van der Waals surface area contributed by atoms with E-state index in [4.69, 9.17) is 5.11 Å². The molecule has 0 radical (unpaired) electrons. The number of aliphatic hydroxyl groups excluding tert-OH is 1. The summed E-state index contributed by atoms with van der Waals surface area (Å²) in [5.41, 5.74) is 4.99. The van der Waals surface area contributed by atoms with E-state index < -0.39 is 0 Å². The molecule has 1 amide bonds. The van der Waals surface area contributed by atoms with Crippen molar-refractivity contribution in [3.63, 3.8) is 0 Å². The first-order chi connectivity index (χ1) is 10.3. The standard InChI is InChI=1S/C17H18N2O2/c20-11-13-3-1-2-12(6-13)8-19-17(21)14-4-5-15-9-18-10-16(15)7-14/h1-7,18,20H,8-11H2,(H,19,21). The fourth-order valence-electron chi connectivity index (χ4n) is 2.56. The van der Waals surface area contributed by atoms with E-state index in [1.165, 1.54) is 11.1 Å². The van der Waals surface area contributed by atoms with Gasteiger partial charge in [0.15, 0.2) is 0 Å². The van der Waals surface area contributed by atoms with Crippen LogP contribution in [0.25, 0.3) is 0 Å². The highest BCUT2D eigenvalue weighted by Gasteiger charge is 2.13. The van der Waals surface area contributed by atoms with E-state index >= 15 is 0 Å². The van der Waals surface area contributed by atoms with Crippen molar-refractivity contribution in [2.75, 3.05) is 0 Å². The molecule has 0 saturated heterocycles. The molecule has 3 rings (SSSR count). The van der Waals surface area contributed by atoms with Crippen LogP contribution in [-0.2, 0) is 26.2 Å². The molecule has 4 nitrogen and oxygen atoms in total. The summed E-state index contributed by atoms with van der Waals surface area (Å²) in [4.78, 5) is 12.2. The molecule has 21 heavy (non-hydrogen) atoms. The van der Waals surface area contributed by atoms with Crippen LogP contribution in [0.5, 0.6) is 0 Å². The van der Waals surface area contributed by atoms with Crippen molar-refractivity contribution in [2.45, 2.75) is 26.2 Å². The van der Waals surface area contributed by atoms with Gasteiger partial charge in [0.25, 0.3) is 5.91 Å². The fraction of sp³-hybridized carbons (Fsp3) is 0.235. The van der Waals surface area contributed by atoms with Crippen molar-refractivity contribution in [3.05, 3.63) is 70.3 Å². The van der Waals surface area contributed by atoms with Crippen LogP contribution in [0.15, 0.2) is 42.5 Å². The molecule has 1 aliphatic rings. The molecule has 0 bridgehead atoms. The Balaban J connectivity index is 1.66. The van der Waals surface area contributed by atoms with E-state index in [9.17, 15) is 4.79 Å². The number of hydrogen-bond donors (Lipinski definition) is 3. The number of benzene rings is 2. The monoisotopic (exact) mass is 282 g/mol. The van der Waals surface area contributed by atoms with Gasteiger partial charge < -0.3 is 15.7 Å². The molecule has 1 heterocycles. The lowest BCUT2D eigenvalue weighted by atomic mass is 10.1. The summed E-state index contributed by atoms with van der Waals surface area (Å²) in [7, 11) is 0. The zero-order chi connectivity index (χ0) is 14.7. The molecular weight excluding hydrogens is 264 g/mol. The minimum Gasteiger partial charge on any atom is -0.392 e. The molecule has 0 fully saturated rings. The number of amides is 1. The van der Waals surface area contributed by atoms with E-state index in [1.807, 2.05) is 42.5 Å². The van der Waals surface area contributed by atoms with Gasteiger partial charge in [-0.25, -0.2) is 0 Å². The smallest absolute Gasteiger partial charge is 0.251 e. The summed E-state index contributed by atoms with van der Waals surface area (Å²) in [6.07, 6.45) is 0. The Bertz CT molecular complexity index is 668. The van der Waals surface area contributed by atoms with Crippen LogP contribution < -0.4 is 10.6 Å². The molecule has 0 aromatic heterocycles. The molecule has 0 unspecified atom stereocenters. The molecule has 0 spiro atoms. The van der Waals surface area contributed by atoms with Crippen LogP contribution in [0.2, 0.25) is 0 Å². The third kappa shape index (κ3) is 3.12. The molecule has 2 aromatic rings. The van der Waals surface area contributed by atoms with E-state index in [1.54, 1.807) is 0 Å². The first-order valence-electron chi connectivity index (χ1n) is 7.05. The fourth-order valence-corrected chi connectivity index (χ4v) is 2.56. The largest absolute Gasteiger partial charge is 0.392 e. The Labute approximate surface area is 123 Å². The maximum absolute atomic E-state index is 12.2. The predicted octanol–water partition coefficient (Wildman–Crippen LogP) is 1.71. The third-order valence-corrected chi connectivity index (χ3v) is 3.73. The summed E-state index contributed by atoms with van der Waals surface area (Å²) < 4.78 is 0. The van der Waals surface area contributed by atoms with Gasteiger partial charge in [0.05, 0.1) is 6.61 Å². The van der Waals surface area contributed by atoms with Crippen LogP contribution >= 0.6 is 0 Å². The molecule has 0 saturated carbocycles. The van der Waals surface area contributed by atoms with Crippen molar-refractivity contribution >= 4 is 5.91 Å². The Morgan fingerprint density at radius 3 is 2.76 bits per heavy atom. The lowest BCUT2D eigenvalue weighted by molar-refractivity contribution is 0.0951. The van der Waals surface area contributed by atoms with Crippen molar-refractivity contribution < 1.29 is 9.90 Å². The number of fused-ring (bicyclic) bond motifs is 1. The van der Waals surface area contributed by atoms with Crippen LogP contribution in [0.4, 0.5) is 0 Å². The first kappa shape index (κ1) is 13.8. The SMILES string of the molecule is O=C(NCc1cccc(CO)c1)c1ccc2c(c1)CNC2. The predicted molar refractivity (Wildman–Crippen MR) is 80.5 cm³/mol. The minimum atomic E-state index is -0.0703. The average molecular weight is 282 g/mol. The Kier molecular flexibility index (Phi) is 3.99. The summed E-state index contributed by atoms with van der Waals surface area (Å²) in [6, 6.07) is 13.4. The maximum Gasteiger partial charge on any atom is 0.251 e. The Morgan fingerprint density at radius 2 is 1.90 bits per heavy atom. The molecule has 3 N–H and O–H groups in total. The van der Waals surface area contributed by atoms with Gasteiger partial charge in [-0.1, -0.05) is 30.3 Å². The quantitative estimate of drug-likeness (QED) is 0.800. The van der Waals surface area contributed by atoms with E-state index in [-0.39, 0.29) is 12.5 Å². The normalized spacial score (nSPS) is 13.0. The highest BCUT2D eigenvalue weighted by atomic mass is 16.3. The zero-order valence-electron chi connectivity index (χ0n) is 11.7. The third-order valence-electron chi connectivity index (χ3n) is 3.73. The molecule has 0 aliphatic carbocycles. The highest BCUT2D eigenvalue weighted by molar-refractivity contribution is 5.94. The molecular formula is C17H18N2O2. The van der Waals surface area contributed by atoms with Crippen molar-refractivity contribution in [2.24, 2.45) is 0 Å². The van der Waals surface area contributed by atoms with Crippen LogP contribution in [0.1, 0.15) is 32.6 Å². The number of aliphatic hydroxyl groups is 1. The van der Waals surface area contributed by atoms with E-state index in [0.717, 1.165) is 24.2 Å². The van der Waals surface area contributed by atoms with Crippen molar-refractivity contribution in [1.29, 1.82) is 0 Å². The molecule has 0 atom stereocenters. The molecule has 1 aliphatic heterocycles. The van der Waals surface area contributed by atoms with Gasteiger partial charge in [-0.3, -0.25) is 4.79 Å².